The van der Waals surface area contributed by atoms with Crippen LogP contribution in [-0.2, 0) is 0 Å². The minimum Gasteiger partial charge on any atom is -0.508 e. The van der Waals surface area contributed by atoms with Gasteiger partial charge in [-0.15, -0.1) is 0 Å². The van der Waals surface area contributed by atoms with E-state index in [1.165, 1.54) is 17.0 Å². The average molecular weight is 252 g/mol. The van der Waals surface area contributed by atoms with Crippen LogP contribution in [0.2, 0.25) is 0 Å². The second-order valence-corrected chi connectivity index (χ2v) is 4.08. The van der Waals surface area contributed by atoms with Crippen LogP contribution in [0.4, 0.5) is 5.69 Å². The molecule has 0 spiro atoms. The van der Waals surface area contributed by atoms with Gasteiger partial charge in [0, 0.05) is 18.3 Å². The van der Waals surface area contributed by atoms with E-state index in [1.807, 2.05) is 6.07 Å². The van der Waals surface area contributed by atoms with Gasteiger partial charge in [-0.05, 0) is 36.4 Å². The summed E-state index contributed by atoms with van der Waals surface area (Å²) >= 11 is 0. The predicted octanol–water partition coefficient (Wildman–Crippen LogP) is 2.54. The number of anilines is 1. The largest absolute Gasteiger partial charge is 0.508 e. The molecular weight excluding hydrogens is 240 g/mol. The van der Waals surface area contributed by atoms with Gasteiger partial charge in [0.1, 0.15) is 5.75 Å². The van der Waals surface area contributed by atoms with Crippen molar-refractivity contribution in [3.63, 3.8) is 0 Å². The molecule has 0 aromatic heterocycles. The summed E-state index contributed by atoms with van der Waals surface area (Å²) in [7, 11) is 1.63. The lowest BCUT2D eigenvalue weighted by atomic mass is 10.1. The van der Waals surface area contributed by atoms with E-state index in [-0.39, 0.29) is 11.7 Å². The quantitative estimate of drug-likeness (QED) is 0.893. The molecule has 0 radical (unpaired) electrons. The summed E-state index contributed by atoms with van der Waals surface area (Å²) in [6, 6.07) is 15.0. The highest BCUT2D eigenvalue weighted by Gasteiger charge is 2.14. The minimum atomic E-state index is -0.244. The van der Waals surface area contributed by atoms with Gasteiger partial charge in [-0.1, -0.05) is 12.1 Å². The SMILES string of the molecule is CN(C(=O)c1cccc(O)c1)c1cccc(C#N)c1. The highest BCUT2D eigenvalue weighted by molar-refractivity contribution is 6.06. The molecule has 1 amide bonds. The maximum atomic E-state index is 12.2. The molecule has 94 valence electrons. The first-order chi connectivity index (χ1) is 9.11. The molecule has 1 N–H and O–H groups in total. The van der Waals surface area contributed by atoms with Crippen molar-refractivity contribution in [2.45, 2.75) is 0 Å². The van der Waals surface area contributed by atoms with E-state index in [9.17, 15) is 9.90 Å². The number of carbonyl (C=O) groups excluding carboxylic acids is 1. The Bertz CT molecular complexity index is 659. The summed E-state index contributed by atoms with van der Waals surface area (Å²) in [6.07, 6.45) is 0. The lowest BCUT2D eigenvalue weighted by Gasteiger charge is -2.17. The van der Waals surface area contributed by atoms with Crippen molar-refractivity contribution < 1.29 is 9.90 Å². The molecule has 0 fully saturated rings. The van der Waals surface area contributed by atoms with E-state index >= 15 is 0 Å². The molecular formula is C15H12N2O2. The van der Waals surface area contributed by atoms with Gasteiger partial charge in [-0.3, -0.25) is 4.79 Å². The number of amides is 1. The number of phenols is 1. The van der Waals surface area contributed by atoms with Gasteiger partial charge >= 0.3 is 0 Å². The average Bonchev–Trinajstić information content (AvgIpc) is 2.45. The van der Waals surface area contributed by atoms with Crippen LogP contribution >= 0.6 is 0 Å². The van der Waals surface area contributed by atoms with Crippen LogP contribution in [-0.4, -0.2) is 18.1 Å². The van der Waals surface area contributed by atoms with Crippen molar-refractivity contribution >= 4 is 11.6 Å². The maximum Gasteiger partial charge on any atom is 0.258 e. The van der Waals surface area contributed by atoms with Crippen molar-refractivity contribution in [1.29, 1.82) is 5.26 Å². The number of nitriles is 1. The normalized spacial score (nSPS) is 9.68. The van der Waals surface area contributed by atoms with Gasteiger partial charge in [0.25, 0.3) is 5.91 Å². The van der Waals surface area contributed by atoms with Crippen LogP contribution in [0.25, 0.3) is 0 Å². The van der Waals surface area contributed by atoms with Crippen molar-refractivity contribution in [3.05, 3.63) is 59.7 Å². The molecule has 2 aromatic carbocycles. The third-order valence-corrected chi connectivity index (χ3v) is 2.76. The monoisotopic (exact) mass is 252 g/mol. The fourth-order valence-electron chi connectivity index (χ4n) is 1.73. The third kappa shape index (κ3) is 2.72. The van der Waals surface area contributed by atoms with Crippen LogP contribution in [0, 0.1) is 11.3 Å². The smallest absolute Gasteiger partial charge is 0.258 e. The number of aromatic hydroxyl groups is 1. The molecule has 0 heterocycles. The summed E-state index contributed by atoms with van der Waals surface area (Å²) in [5.41, 5.74) is 1.52. The Morgan fingerprint density at radius 2 is 1.95 bits per heavy atom. The zero-order valence-electron chi connectivity index (χ0n) is 10.4. The minimum absolute atomic E-state index is 0.0463. The van der Waals surface area contributed by atoms with Crippen LogP contribution in [0.5, 0.6) is 5.75 Å². The van der Waals surface area contributed by atoms with E-state index in [4.69, 9.17) is 5.26 Å². The first kappa shape index (κ1) is 12.7. The Balaban J connectivity index is 2.31. The molecule has 2 aromatic rings. The molecule has 0 bridgehead atoms. The zero-order valence-corrected chi connectivity index (χ0v) is 10.4. The number of nitrogens with zero attached hydrogens (tertiary/aromatic N) is 2. The van der Waals surface area contributed by atoms with E-state index in [0.717, 1.165) is 0 Å². The Labute approximate surface area is 111 Å². The standard InChI is InChI=1S/C15H12N2O2/c1-17(13-6-2-4-11(8-13)10-16)15(19)12-5-3-7-14(18)9-12/h2-9,18H,1H3. The van der Waals surface area contributed by atoms with E-state index in [0.29, 0.717) is 16.8 Å². The summed E-state index contributed by atoms with van der Waals surface area (Å²) in [5.74, 6) is -0.198. The van der Waals surface area contributed by atoms with Gasteiger partial charge in [-0.25, -0.2) is 0 Å². The third-order valence-electron chi connectivity index (χ3n) is 2.76. The van der Waals surface area contributed by atoms with E-state index in [2.05, 4.69) is 0 Å². The van der Waals surface area contributed by atoms with Gasteiger partial charge in [-0.2, -0.15) is 5.26 Å². The van der Waals surface area contributed by atoms with Crippen molar-refractivity contribution in [1.82, 2.24) is 0 Å². The topological polar surface area (TPSA) is 64.3 Å². The van der Waals surface area contributed by atoms with Crippen LogP contribution in [0.3, 0.4) is 0 Å². The second-order valence-electron chi connectivity index (χ2n) is 4.08. The molecule has 2 rings (SSSR count). The Hall–Kier alpha value is -2.80. The number of benzene rings is 2. The van der Waals surface area contributed by atoms with Crippen molar-refractivity contribution in [2.24, 2.45) is 0 Å². The number of hydrogen-bond acceptors (Lipinski definition) is 3. The summed E-state index contributed by atoms with van der Waals surface area (Å²) in [5, 5.41) is 18.2. The number of carbonyl (C=O) groups is 1. The lowest BCUT2D eigenvalue weighted by Crippen LogP contribution is -2.26. The Morgan fingerprint density at radius 1 is 1.21 bits per heavy atom. The van der Waals surface area contributed by atoms with Gasteiger partial charge in [0.15, 0.2) is 0 Å². The fourth-order valence-corrected chi connectivity index (χ4v) is 1.73. The van der Waals surface area contributed by atoms with Crippen LogP contribution in [0.1, 0.15) is 15.9 Å². The highest BCUT2D eigenvalue weighted by atomic mass is 16.3. The maximum absolute atomic E-state index is 12.2. The molecule has 0 unspecified atom stereocenters. The first-order valence-corrected chi connectivity index (χ1v) is 5.69. The fraction of sp³-hybridized carbons (Fsp3) is 0.0667. The number of phenolic OH excluding ortho intramolecular Hbond substituents is 1. The van der Waals surface area contributed by atoms with E-state index in [1.54, 1.807) is 43.4 Å². The summed E-state index contributed by atoms with van der Waals surface area (Å²) < 4.78 is 0. The molecule has 4 heteroatoms. The zero-order chi connectivity index (χ0) is 13.8. The highest BCUT2D eigenvalue weighted by Crippen LogP contribution is 2.18. The molecule has 4 nitrogen and oxygen atoms in total. The Morgan fingerprint density at radius 3 is 2.63 bits per heavy atom. The molecule has 0 saturated carbocycles. The van der Waals surface area contributed by atoms with Crippen molar-refractivity contribution in [3.8, 4) is 11.8 Å². The van der Waals surface area contributed by atoms with Gasteiger partial charge in [0.2, 0.25) is 0 Å². The van der Waals surface area contributed by atoms with Crippen molar-refractivity contribution in [2.75, 3.05) is 11.9 Å². The molecule has 0 atom stereocenters. The van der Waals surface area contributed by atoms with Crippen LogP contribution < -0.4 is 4.90 Å². The molecule has 19 heavy (non-hydrogen) atoms. The molecule has 0 aliphatic rings. The molecule has 0 saturated heterocycles. The molecule has 0 aliphatic heterocycles. The summed E-state index contributed by atoms with van der Waals surface area (Å²) in [6.45, 7) is 0. The molecule has 0 aliphatic carbocycles. The van der Waals surface area contributed by atoms with E-state index < -0.39 is 0 Å². The second kappa shape index (κ2) is 5.23. The number of hydrogen-bond donors (Lipinski definition) is 1. The van der Waals surface area contributed by atoms with Gasteiger partial charge in [0.05, 0.1) is 11.6 Å². The Kier molecular flexibility index (Phi) is 3.48. The lowest BCUT2D eigenvalue weighted by molar-refractivity contribution is 0.0992. The first-order valence-electron chi connectivity index (χ1n) is 5.69. The van der Waals surface area contributed by atoms with Crippen LogP contribution in [0.15, 0.2) is 48.5 Å². The summed E-state index contributed by atoms with van der Waals surface area (Å²) in [4.78, 5) is 13.7. The number of rotatable bonds is 2. The van der Waals surface area contributed by atoms with Gasteiger partial charge < -0.3 is 10.0 Å². The predicted molar refractivity (Wildman–Crippen MR) is 72.0 cm³/mol.